The molecule has 1 rings (SSSR count). The maximum atomic E-state index is 11.5. The Morgan fingerprint density at radius 3 is 3.00 bits per heavy atom. The molecule has 4 heteroatoms. The lowest BCUT2D eigenvalue weighted by Gasteiger charge is -2.22. The Hall–Kier alpha value is -0.610. The van der Waals surface area contributed by atoms with Gasteiger partial charge in [-0.05, 0) is 27.1 Å². The molecule has 1 N–H and O–H groups in total. The van der Waals surface area contributed by atoms with Crippen molar-refractivity contribution in [1.29, 1.82) is 0 Å². The predicted molar refractivity (Wildman–Crippen MR) is 52.6 cm³/mol. The van der Waals surface area contributed by atoms with Crippen LogP contribution >= 0.6 is 0 Å². The molecule has 0 atom stereocenters. The summed E-state index contributed by atoms with van der Waals surface area (Å²) in [5.74, 6) is 0.236. The van der Waals surface area contributed by atoms with Gasteiger partial charge < -0.3 is 15.1 Å². The number of carbonyl (C=O) groups is 1. The maximum Gasteiger partial charge on any atom is 0.236 e. The van der Waals surface area contributed by atoms with Crippen LogP contribution in [0.5, 0.6) is 0 Å². The summed E-state index contributed by atoms with van der Waals surface area (Å²) in [7, 11) is 4.06. The van der Waals surface area contributed by atoms with Crippen LogP contribution in [0, 0.1) is 0 Å². The van der Waals surface area contributed by atoms with Crippen molar-refractivity contribution in [2.24, 2.45) is 0 Å². The van der Waals surface area contributed by atoms with Crippen LogP contribution in [0.1, 0.15) is 6.42 Å². The molecule has 0 aromatic carbocycles. The second-order valence-electron chi connectivity index (χ2n) is 3.71. The lowest BCUT2D eigenvalue weighted by atomic mass is 10.4. The third-order valence-electron chi connectivity index (χ3n) is 2.23. The van der Waals surface area contributed by atoms with Crippen molar-refractivity contribution in [3.8, 4) is 0 Å². The van der Waals surface area contributed by atoms with Crippen molar-refractivity contribution in [3.05, 3.63) is 0 Å². The normalized spacial score (nSPS) is 19.3. The summed E-state index contributed by atoms with van der Waals surface area (Å²) in [4.78, 5) is 15.5. The Kier molecular flexibility index (Phi) is 4.18. The number of carbonyl (C=O) groups excluding carboxylic acids is 1. The highest BCUT2D eigenvalue weighted by Crippen LogP contribution is 1.96. The van der Waals surface area contributed by atoms with E-state index in [1.807, 2.05) is 19.0 Å². The summed E-state index contributed by atoms with van der Waals surface area (Å²) in [5.41, 5.74) is 0. The molecule has 0 unspecified atom stereocenters. The van der Waals surface area contributed by atoms with Crippen molar-refractivity contribution in [2.75, 3.05) is 46.8 Å². The van der Waals surface area contributed by atoms with E-state index in [-0.39, 0.29) is 5.91 Å². The molecule has 0 bridgehead atoms. The fraction of sp³-hybridized carbons (Fsp3) is 0.889. The minimum Gasteiger partial charge on any atom is -0.340 e. The van der Waals surface area contributed by atoms with E-state index in [0.717, 1.165) is 32.6 Å². The highest BCUT2D eigenvalue weighted by molar-refractivity contribution is 5.78. The molecule has 1 saturated heterocycles. The zero-order chi connectivity index (χ0) is 9.68. The van der Waals surface area contributed by atoms with Gasteiger partial charge >= 0.3 is 0 Å². The van der Waals surface area contributed by atoms with E-state index in [1.165, 1.54) is 0 Å². The average molecular weight is 185 g/mol. The lowest BCUT2D eigenvalue weighted by molar-refractivity contribution is -0.129. The molecule has 1 aliphatic rings. The van der Waals surface area contributed by atoms with Crippen molar-refractivity contribution in [2.45, 2.75) is 6.42 Å². The molecule has 4 nitrogen and oxygen atoms in total. The number of hydrogen-bond acceptors (Lipinski definition) is 3. The smallest absolute Gasteiger partial charge is 0.236 e. The fourth-order valence-electron chi connectivity index (χ4n) is 1.38. The monoisotopic (exact) mass is 185 g/mol. The third kappa shape index (κ3) is 3.74. The largest absolute Gasteiger partial charge is 0.340 e. The van der Waals surface area contributed by atoms with Crippen molar-refractivity contribution >= 4 is 5.91 Å². The second-order valence-corrected chi connectivity index (χ2v) is 3.71. The van der Waals surface area contributed by atoms with Crippen molar-refractivity contribution < 1.29 is 4.79 Å². The Balaban J connectivity index is 2.32. The maximum absolute atomic E-state index is 11.5. The molecule has 0 saturated carbocycles. The number of nitrogens with zero attached hydrogens (tertiary/aromatic N) is 2. The fourth-order valence-corrected chi connectivity index (χ4v) is 1.38. The van der Waals surface area contributed by atoms with Crippen molar-refractivity contribution in [3.63, 3.8) is 0 Å². The van der Waals surface area contributed by atoms with Gasteiger partial charge in [-0.1, -0.05) is 0 Å². The van der Waals surface area contributed by atoms with Gasteiger partial charge in [0.25, 0.3) is 0 Å². The lowest BCUT2D eigenvalue weighted by Crippen LogP contribution is -2.39. The Morgan fingerprint density at radius 2 is 2.31 bits per heavy atom. The van der Waals surface area contributed by atoms with Gasteiger partial charge in [0.1, 0.15) is 0 Å². The quantitative estimate of drug-likeness (QED) is 0.636. The topological polar surface area (TPSA) is 35.6 Å². The molecule has 1 heterocycles. The van der Waals surface area contributed by atoms with Crippen LogP contribution in [0.3, 0.4) is 0 Å². The summed E-state index contributed by atoms with van der Waals surface area (Å²) < 4.78 is 0. The number of amides is 1. The first-order valence-electron chi connectivity index (χ1n) is 4.83. The minimum absolute atomic E-state index is 0.236. The molecule has 0 aromatic heterocycles. The van der Waals surface area contributed by atoms with E-state index in [1.54, 1.807) is 0 Å². The summed E-state index contributed by atoms with van der Waals surface area (Å²) >= 11 is 0. The Labute approximate surface area is 79.9 Å². The highest BCUT2D eigenvalue weighted by atomic mass is 16.2. The minimum atomic E-state index is 0.236. The van der Waals surface area contributed by atoms with Crippen LogP contribution < -0.4 is 5.32 Å². The van der Waals surface area contributed by atoms with Crippen LogP contribution in [0.15, 0.2) is 0 Å². The number of nitrogens with one attached hydrogen (secondary N) is 1. The number of rotatable bonds is 3. The molecule has 0 radical (unpaired) electrons. The van der Waals surface area contributed by atoms with Gasteiger partial charge in [-0.15, -0.1) is 0 Å². The zero-order valence-corrected chi connectivity index (χ0v) is 8.55. The van der Waals surface area contributed by atoms with E-state index >= 15 is 0 Å². The molecule has 0 aromatic rings. The SMILES string of the molecule is CN(C)CCN1CCCNCC1=O. The van der Waals surface area contributed by atoms with Crippen molar-refractivity contribution in [1.82, 2.24) is 15.1 Å². The second kappa shape index (κ2) is 5.19. The van der Waals surface area contributed by atoms with Gasteiger partial charge in [0.15, 0.2) is 0 Å². The highest BCUT2D eigenvalue weighted by Gasteiger charge is 2.15. The summed E-state index contributed by atoms with van der Waals surface area (Å²) in [5, 5.41) is 3.11. The summed E-state index contributed by atoms with van der Waals surface area (Å²) in [6.07, 6.45) is 1.07. The molecule has 1 fully saturated rings. The number of likely N-dealkylation sites (N-methyl/N-ethyl adjacent to an activating group) is 1. The van der Waals surface area contributed by atoms with Gasteiger partial charge in [0.2, 0.25) is 5.91 Å². The van der Waals surface area contributed by atoms with Gasteiger partial charge in [-0.2, -0.15) is 0 Å². The first kappa shape index (κ1) is 10.5. The first-order valence-corrected chi connectivity index (χ1v) is 4.83. The van der Waals surface area contributed by atoms with Gasteiger partial charge in [-0.25, -0.2) is 0 Å². The molecule has 0 spiro atoms. The Morgan fingerprint density at radius 1 is 1.54 bits per heavy atom. The predicted octanol–water partition coefficient (Wildman–Crippen LogP) is -0.630. The van der Waals surface area contributed by atoms with Crippen LogP contribution in [-0.2, 0) is 4.79 Å². The number of hydrogen-bond donors (Lipinski definition) is 1. The van der Waals surface area contributed by atoms with E-state index < -0.39 is 0 Å². The van der Waals surface area contributed by atoms with Crippen LogP contribution in [0.2, 0.25) is 0 Å². The first-order chi connectivity index (χ1) is 6.20. The summed E-state index contributed by atoms with van der Waals surface area (Å²) in [6, 6.07) is 0. The van der Waals surface area contributed by atoms with E-state index in [4.69, 9.17) is 0 Å². The molecule has 13 heavy (non-hydrogen) atoms. The average Bonchev–Trinajstić information content (AvgIpc) is 2.27. The molecule has 0 aliphatic carbocycles. The van der Waals surface area contributed by atoms with Crippen LogP contribution in [-0.4, -0.2) is 62.5 Å². The van der Waals surface area contributed by atoms with Crippen LogP contribution in [0.25, 0.3) is 0 Å². The molecular formula is C9H19N3O. The molecule has 1 amide bonds. The standard InChI is InChI=1S/C9H19N3O/c1-11(2)6-7-12-5-3-4-10-8-9(12)13/h10H,3-8H2,1-2H3. The Bertz CT molecular complexity index is 170. The van der Waals surface area contributed by atoms with Gasteiger partial charge in [0.05, 0.1) is 6.54 Å². The summed E-state index contributed by atoms with van der Waals surface area (Å²) in [6.45, 7) is 4.18. The van der Waals surface area contributed by atoms with E-state index in [9.17, 15) is 4.79 Å². The molecule has 76 valence electrons. The van der Waals surface area contributed by atoms with E-state index in [2.05, 4.69) is 10.2 Å². The van der Waals surface area contributed by atoms with Gasteiger partial charge in [-0.3, -0.25) is 4.79 Å². The molecular weight excluding hydrogens is 166 g/mol. The third-order valence-corrected chi connectivity index (χ3v) is 2.23. The molecule has 1 aliphatic heterocycles. The van der Waals surface area contributed by atoms with Gasteiger partial charge in [0, 0.05) is 19.6 Å². The zero-order valence-electron chi connectivity index (χ0n) is 8.55. The van der Waals surface area contributed by atoms with Crippen LogP contribution in [0.4, 0.5) is 0 Å². The van der Waals surface area contributed by atoms with E-state index in [0.29, 0.717) is 6.54 Å².